The fraction of sp³-hybridized carbons (Fsp3) is 0.910. The largest absolute Gasteiger partial charge is 0.317 e. The van der Waals surface area contributed by atoms with E-state index >= 15 is 0 Å². The van der Waals surface area contributed by atoms with Gasteiger partial charge in [0.1, 0.15) is 18.6 Å². The zero-order valence-electron chi connectivity index (χ0n) is 49.6. The first-order valence-corrected chi connectivity index (χ1v) is 34.9. The van der Waals surface area contributed by atoms with Crippen molar-refractivity contribution in [3.63, 3.8) is 0 Å². The van der Waals surface area contributed by atoms with Crippen LogP contribution in [-0.4, -0.2) is 23.3 Å². The molecular weight excluding hydrogens is 899 g/mol. The maximum atomic E-state index is 12.5. The van der Waals surface area contributed by atoms with Gasteiger partial charge in [0.25, 0.3) is 0 Å². The Balaban J connectivity index is 4.67. The van der Waals surface area contributed by atoms with Crippen LogP contribution in [0.25, 0.3) is 0 Å². The van der Waals surface area contributed by atoms with Gasteiger partial charge in [0.05, 0.1) is 0 Å². The Morgan fingerprint density at radius 1 is 0.250 bits per heavy atom. The molecule has 0 bridgehead atoms. The summed E-state index contributed by atoms with van der Waals surface area (Å²) >= 11 is 0. The van der Waals surface area contributed by atoms with Crippen molar-refractivity contribution in [3.05, 3.63) is 36.8 Å². The SMILES string of the molecule is CCCCCCCCCCCCCCCCCCCC/C=C/[N+](/C=C/CCCCCCCCCCCCCCCCCCCC)(/C=C/CCCCCCCCCCCCCCCCCCCC)CS(=O)(=O)O. The molecule has 0 aliphatic rings. The first kappa shape index (κ1) is 71.1. The molecule has 0 radical (unpaired) electrons. The van der Waals surface area contributed by atoms with Gasteiger partial charge in [-0.05, 0) is 56.8 Å². The first-order valence-electron chi connectivity index (χ1n) is 33.2. The normalized spacial score (nSPS) is 12.6. The summed E-state index contributed by atoms with van der Waals surface area (Å²) < 4.78 is 35.3. The maximum absolute atomic E-state index is 12.5. The van der Waals surface area contributed by atoms with Gasteiger partial charge in [0.2, 0.25) is 5.88 Å². The van der Waals surface area contributed by atoms with Crippen LogP contribution in [0.4, 0.5) is 0 Å². The third-order valence-corrected chi connectivity index (χ3v) is 16.5. The maximum Gasteiger partial charge on any atom is 0.317 e. The molecule has 0 unspecified atom stereocenters. The summed E-state index contributed by atoms with van der Waals surface area (Å²) in [4.78, 5) is 0. The lowest BCUT2D eigenvalue weighted by Crippen LogP contribution is -2.36. The quantitative estimate of drug-likeness (QED) is 0.0375. The molecule has 0 saturated carbocycles. The average molecular weight is 1030 g/mol. The highest BCUT2D eigenvalue weighted by atomic mass is 32.2. The highest BCUT2D eigenvalue weighted by Gasteiger charge is 2.26. The van der Waals surface area contributed by atoms with E-state index in [1.54, 1.807) is 0 Å². The molecule has 0 aromatic heterocycles. The molecule has 0 spiro atoms. The molecule has 0 aliphatic carbocycles. The summed E-state index contributed by atoms with van der Waals surface area (Å²) in [6.45, 7) is 6.89. The second-order valence-corrected chi connectivity index (χ2v) is 24.7. The summed E-state index contributed by atoms with van der Waals surface area (Å²) in [5.74, 6) is -0.339. The van der Waals surface area contributed by atoms with Crippen LogP contribution < -0.4 is 0 Å². The smallest absolute Gasteiger partial charge is 0.281 e. The van der Waals surface area contributed by atoms with Gasteiger partial charge in [-0.1, -0.05) is 348 Å². The number of quaternary nitrogens is 1. The molecule has 0 amide bonds. The van der Waals surface area contributed by atoms with Crippen LogP contribution in [0.15, 0.2) is 36.8 Å². The molecule has 428 valence electrons. The van der Waals surface area contributed by atoms with Crippen molar-refractivity contribution in [1.82, 2.24) is 0 Å². The van der Waals surface area contributed by atoms with Gasteiger partial charge in [-0.3, -0.25) is 4.55 Å². The van der Waals surface area contributed by atoms with Crippen molar-refractivity contribution < 1.29 is 17.5 Å². The molecule has 0 heterocycles. The summed E-state index contributed by atoms with van der Waals surface area (Å²) in [5.41, 5.74) is 0. The lowest BCUT2D eigenvalue weighted by atomic mass is 10.0. The van der Waals surface area contributed by atoms with Crippen molar-refractivity contribution >= 4 is 10.1 Å². The molecule has 0 rings (SSSR count). The van der Waals surface area contributed by atoms with Gasteiger partial charge in [-0.15, -0.1) is 0 Å². The molecule has 4 nitrogen and oxygen atoms in total. The monoisotopic (exact) mass is 1030 g/mol. The van der Waals surface area contributed by atoms with Crippen molar-refractivity contribution in [2.45, 2.75) is 387 Å². The Hall–Kier alpha value is -0.910. The lowest BCUT2D eigenvalue weighted by molar-refractivity contribution is -0.760. The van der Waals surface area contributed by atoms with E-state index in [0.29, 0.717) is 0 Å². The molecule has 0 atom stereocenters. The van der Waals surface area contributed by atoms with Crippen LogP contribution >= 0.6 is 0 Å². The predicted molar refractivity (Wildman–Crippen MR) is 324 cm³/mol. The Labute approximate surface area is 454 Å². The molecule has 5 heteroatoms. The number of hydrogen-bond acceptors (Lipinski definition) is 2. The van der Waals surface area contributed by atoms with Gasteiger partial charge in [-0.25, -0.2) is 4.48 Å². The third-order valence-electron chi connectivity index (χ3n) is 15.7. The Kier molecular flexibility index (Phi) is 58.6. The van der Waals surface area contributed by atoms with Gasteiger partial charge in [-0.2, -0.15) is 8.42 Å². The minimum Gasteiger partial charge on any atom is -0.281 e. The van der Waals surface area contributed by atoms with E-state index in [1.807, 2.05) is 18.6 Å². The lowest BCUT2D eigenvalue weighted by Gasteiger charge is -2.25. The Bertz CT molecular complexity index is 1100. The van der Waals surface area contributed by atoms with E-state index in [0.717, 1.165) is 38.5 Å². The highest BCUT2D eigenvalue weighted by molar-refractivity contribution is 7.85. The Morgan fingerprint density at radius 3 is 0.528 bits per heavy atom. The standard InChI is InChI=1S/C67H131NO3S/c1-4-7-10-13-16-19-22-25-28-31-34-37-40-43-46-49-52-55-58-61-64-68(67-72(69,70)71,65-62-59-56-53-50-47-44-41-38-35-32-29-26-23-20-17-14-11-8-5-2)66-63-60-57-54-51-48-45-42-39-36-33-30-27-24-21-18-15-12-9-6-3/h61-66H,4-60,67H2,1-3H3/p+1/b64-61+,65-62+,66-63+. The zero-order chi connectivity index (χ0) is 52.3. The van der Waals surface area contributed by atoms with Crippen LogP contribution in [-0.2, 0) is 10.1 Å². The Morgan fingerprint density at radius 2 is 0.389 bits per heavy atom. The van der Waals surface area contributed by atoms with E-state index in [1.165, 1.54) is 327 Å². The van der Waals surface area contributed by atoms with Crippen LogP contribution in [0.2, 0.25) is 0 Å². The second-order valence-electron chi connectivity index (χ2n) is 23.3. The summed E-state index contributed by atoms with van der Waals surface area (Å²) in [6.07, 6.45) is 89.8. The number of nitrogens with zero attached hydrogens (tertiary/aromatic N) is 1. The van der Waals surface area contributed by atoms with Crippen molar-refractivity contribution in [3.8, 4) is 0 Å². The van der Waals surface area contributed by atoms with Crippen LogP contribution in [0.3, 0.4) is 0 Å². The van der Waals surface area contributed by atoms with E-state index in [9.17, 15) is 13.0 Å². The fourth-order valence-corrected chi connectivity index (χ4v) is 11.7. The number of rotatable bonds is 62. The predicted octanol–water partition coefficient (Wildman–Crippen LogP) is 24.5. The molecule has 0 aliphatic heterocycles. The summed E-state index contributed by atoms with van der Waals surface area (Å²) in [7, 11) is -4.19. The van der Waals surface area contributed by atoms with Gasteiger partial charge >= 0.3 is 10.1 Å². The number of allylic oxidation sites excluding steroid dienone is 3. The third kappa shape index (κ3) is 58.4. The molecule has 0 fully saturated rings. The molecule has 0 saturated heterocycles. The first-order chi connectivity index (χ1) is 35.4. The van der Waals surface area contributed by atoms with Crippen molar-refractivity contribution in [2.75, 3.05) is 5.88 Å². The van der Waals surface area contributed by atoms with Crippen molar-refractivity contribution in [2.24, 2.45) is 0 Å². The van der Waals surface area contributed by atoms with E-state index < -0.39 is 10.1 Å². The number of hydrogen-bond donors (Lipinski definition) is 1. The average Bonchev–Trinajstić information content (AvgIpc) is 3.36. The van der Waals surface area contributed by atoms with Crippen molar-refractivity contribution in [1.29, 1.82) is 0 Å². The molecule has 72 heavy (non-hydrogen) atoms. The summed E-state index contributed by atoms with van der Waals surface area (Å²) in [6, 6.07) is 0. The summed E-state index contributed by atoms with van der Waals surface area (Å²) in [5, 5.41) is 0. The minimum atomic E-state index is -4.19. The molecule has 1 N–H and O–H groups in total. The fourth-order valence-electron chi connectivity index (χ4n) is 10.9. The van der Waals surface area contributed by atoms with Gasteiger partial charge in [0.15, 0.2) is 0 Å². The van der Waals surface area contributed by atoms with Crippen LogP contribution in [0.1, 0.15) is 387 Å². The number of unbranched alkanes of at least 4 members (excludes halogenated alkanes) is 54. The minimum absolute atomic E-state index is 0.0516. The van der Waals surface area contributed by atoms with Gasteiger partial charge in [0, 0.05) is 0 Å². The highest BCUT2D eigenvalue weighted by Crippen LogP contribution is 2.21. The second kappa shape index (κ2) is 59.3. The van der Waals surface area contributed by atoms with Crippen LogP contribution in [0.5, 0.6) is 0 Å². The van der Waals surface area contributed by atoms with E-state index in [-0.39, 0.29) is 10.4 Å². The molecule has 0 aromatic rings. The topological polar surface area (TPSA) is 54.4 Å². The van der Waals surface area contributed by atoms with Crippen LogP contribution in [0, 0.1) is 0 Å². The molecular formula is C67H132NO3S+. The van der Waals surface area contributed by atoms with E-state index in [4.69, 9.17) is 0 Å². The zero-order valence-corrected chi connectivity index (χ0v) is 50.4. The van der Waals surface area contributed by atoms with Gasteiger partial charge < -0.3 is 0 Å². The molecule has 0 aromatic carbocycles. The van der Waals surface area contributed by atoms with E-state index in [2.05, 4.69) is 39.0 Å².